The maximum absolute atomic E-state index is 13.1. The summed E-state index contributed by atoms with van der Waals surface area (Å²) in [6.07, 6.45) is 0.779. The van der Waals surface area contributed by atoms with Crippen LogP contribution in [0.4, 0.5) is 0 Å². The zero-order chi connectivity index (χ0) is 19.0. The lowest BCUT2D eigenvalue weighted by Gasteiger charge is -2.29. The number of esters is 1. The van der Waals surface area contributed by atoms with Gasteiger partial charge in [0.25, 0.3) is 5.91 Å². The van der Waals surface area contributed by atoms with Gasteiger partial charge >= 0.3 is 5.97 Å². The molecule has 1 aliphatic heterocycles. The van der Waals surface area contributed by atoms with E-state index in [1.807, 2.05) is 58.9 Å². The minimum atomic E-state index is -0.291. The third-order valence-corrected chi connectivity index (χ3v) is 5.34. The smallest absolute Gasteiger partial charge is 0.325 e. The Kier molecular flexibility index (Phi) is 4.44. The second kappa shape index (κ2) is 6.91. The van der Waals surface area contributed by atoms with Crippen molar-refractivity contribution in [2.75, 3.05) is 13.7 Å². The molecular weight excluding hydrogens is 340 g/mol. The summed E-state index contributed by atoms with van der Waals surface area (Å²) in [5.41, 5.74) is 4.97. The quantitative estimate of drug-likeness (QED) is 0.672. The molecule has 5 nitrogen and oxygen atoms in total. The molecule has 2 heterocycles. The zero-order valence-electron chi connectivity index (χ0n) is 15.6. The number of para-hydroxylation sites is 1. The first-order valence-corrected chi connectivity index (χ1v) is 9.11. The lowest BCUT2D eigenvalue weighted by atomic mass is 10.0. The fourth-order valence-corrected chi connectivity index (χ4v) is 3.93. The van der Waals surface area contributed by atoms with Crippen molar-refractivity contribution in [3.8, 4) is 0 Å². The van der Waals surface area contributed by atoms with Crippen LogP contribution in [0.3, 0.4) is 0 Å². The van der Waals surface area contributed by atoms with Gasteiger partial charge in [-0.2, -0.15) is 0 Å². The number of hydrogen-bond acceptors (Lipinski definition) is 3. The van der Waals surface area contributed by atoms with Crippen LogP contribution in [0.15, 0.2) is 48.5 Å². The maximum atomic E-state index is 13.1. The molecule has 3 aromatic rings. The van der Waals surface area contributed by atoms with Gasteiger partial charge in [-0.15, -0.1) is 0 Å². The van der Waals surface area contributed by atoms with Crippen LogP contribution in [-0.2, 0) is 29.0 Å². The number of rotatable bonds is 3. The van der Waals surface area contributed by atoms with Gasteiger partial charge in [0.2, 0.25) is 0 Å². The van der Waals surface area contributed by atoms with Crippen molar-refractivity contribution in [2.45, 2.75) is 26.4 Å². The molecule has 27 heavy (non-hydrogen) atoms. The van der Waals surface area contributed by atoms with E-state index in [9.17, 15) is 9.59 Å². The maximum Gasteiger partial charge on any atom is 0.325 e. The summed E-state index contributed by atoms with van der Waals surface area (Å²) in [5.74, 6) is -0.255. The number of hydrogen-bond donors (Lipinski definition) is 0. The summed E-state index contributed by atoms with van der Waals surface area (Å²) < 4.78 is 6.88. The number of aromatic nitrogens is 1. The van der Waals surface area contributed by atoms with Crippen molar-refractivity contribution in [2.24, 2.45) is 0 Å². The number of aryl methyl sites for hydroxylation is 1. The SMILES string of the molecule is COC(=O)Cn1c2c(c3ccccc31)CCN(C(=O)c1ccccc1C)C2. The van der Waals surface area contributed by atoms with E-state index in [1.165, 1.54) is 12.7 Å². The van der Waals surface area contributed by atoms with Gasteiger partial charge in [0.15, 0.2) is 0 Å². The zero-order valence-corrected chi connectivity index (χ0v) is 15.6. The summed E-state index contributed by atoms with van der Waals surface area (Å²) in [6.45, 7) is 3.27. The standard InChI is InChI=1S/C22H22N2O3/c1-15-7-3-4-8-16(15)22(26)23-12-11-18-17-9-5-6-10-19(17)24(20(18)13-23)14-21(25)27-2/h3-10H,11-14H2,1-2H3. The molecule has 0 N–H and O–H groups in total. The number of carbonyl (C=O) groups excluding carboxylic acids is 2. The Morgan fingerprint density at radius 2 is 1.81 bits per heavy atom. The van der Waals surface area contributed by atoms with E-state index >= 15 is 0 Å². The van der Waals surface area contributed by atoms with Gasteiger partial charge in [0.1, 0.15) is 6.54 Å². The van der Waals surface area contributed by atoms with E-state index in [1.54, 1.807) is 0 Å². The molecule has 0 saturated heterocycles. The minimum Gasteiger partial charge on any atom is -0.468 e. The van der Waals surface area contributed by atoms with Gasteiger partial charge in [-0.3, -0.25) is 9.59 Å². The lowest BCUT2D eigenvalue weighted by molar-refractivity contribution is -0.141. The average molecular weight is 362 g/mol. The van der Waals surface area contributed by atoms with Crippen molar-refractivity contribution in [3.63, 3.8) is 0 Å². The number of fused-ring (bicyclic) bond motifs is 3. The highest BCUT2D eigenvalue weighted by atomic mass is 16.5. The van der Waals surface area contributed by atoms with Crippen molar-refractivity contribution >= 4 is 22.8 Å². The summed E-state index contributed by atoms with van der Waals surface area (Å²) in [7, 11) is 1.40. The molecule has 0 fully saturated rings. The molecule has 5 heteroatoms. The van der Waals surface area contributed by atoms with Crippen LogP contribution in [-0.4, -0.2) is 35.0 Å². The van der Waals surface area contributed by atoms with Crippen LogP contribution in [0.5, 0.6) is 0 Å². The Balaban J connectivity index is 1.74. The average Bonchev–Trinajstić information content (AvgIpc) is 3.01. The first-order valence-electron chi connectivity index (χ1n) is 9.11. The van der Waals surface area contributed by atoms with Crippen molar-refractivity contribution in [3.05, 3.63) is 70.9 Å². The third-order valence-electron chi connectivity index (χ3n) is 5.34. The normalized spacial score (nSPS) is 13.5. The summed E-state index contributed by atoms with van der Waals surface area (Å²) >= 11 is 0. The van der Waals surface area contributed by atoms with Crippen molar-refractivity contribution < 1.29 is 14.3 Å². The molecule has 1 aliphatic rings. The molecule has 1 aromatic heterocycles. The number of carbonyl (C=O) groups is 2. The van der Waals surface area contributed by atoms with Gasteiger partial charge in [-0.25, -0.2) is 0 Å². The van der Waals surface area contributed by atoms with Gasteiger partial charge < -0.3 is 14.2 Å². The Hall–Kier alpha value is -3.08. The van der Waals surface area contributed by atoms with Gasteiger partial charge in [0, 0.05) is 28.7 Å². The van der Waals surface area contributed by atoms with Crippen molar-refractivity contribution in [1.29, 1.82) is 0 Å². The molecule has 0 bridgehead atoms. The fourth-order valence-electron chi connectivity index (χ4n) is 3.93. The Labute approximate surface area is 158 Å². The highest BCUT2D eigenvalue weighted by Crippen LogP contribution is 2.31. The van der Waals surface area contributed by atoms with E-state index in [0.717, 1.165) is 34.1 Å². The van der Waals surface area contributed by atoms with Gasteiger partial charge in [0.05, 0.1) is 13.7 Å². The Bertz CT molecular complexity index is 1040. The van der Waals surface area contributed by atoms with E-state index < -0.39 is 0 Å². The molecule has 0 radical (unpaired) electrons. The highest BCUT2D eigenvalue weighted by Gasteiger charge is 2.28. The minimum absolute atomic E-state index is 0.0358. The summed E-state index contributed by atoms with van der Waals surface area (Å²) in [4.78, 5) is 26.9. The number of methoxy groups -OCH3 is 1. The number of amides is 1. The molecule has 0 spiro atoms. The first kappa shape index (κ1) is 17.3. The van der Waals surface area contributed by atoms with Crippen LogP contribution in [0.2, 0.25) is 0 Å². The van der Waals surface area contributed by atoms with Gasteiger partial charge in [-0.05, 0) is 36.6 Å². The molecule has 2 aromatic carbocycles. The number of nitrogens with zero attached hydrogens (tertiary/aromatic N) is 2. The molecule has 1 amide bonds. The van der Waals surface area contributed by atoms with E-state index in [4.69, 9.17) is 4.74 Å². The summed E-state index contributed by atoms with van der Waals surface area (Å²) in [5, 5.41) is 1.15. The molecule has 0 saturated carbocycles. The molecule has 138 valence electrons. The number of ether oxygens (including phenoxy) is 1. The molecular formula is C22H22N2O3. The topological polar surface area (TPSA) is 51.5 Å². The van der Waals surface area contributed by atoms with E-state index in [2.05, 4.69) is 6.07 Å². The van der Waals surface area contributed by atoms with E-state index in [0.29, 0.717) is 13.1 Å². The van der Waals surface area contributed by atoms with Gasteiger partial charge in [-0.1, -0.05) is 36.4 Å². The molecule has 0 aliphatic carbocycles. The van der Waals surface area contributed by atoms with Crippen LogP contribution in [0.1, 0.15) is 27.2 Å². The predicted molar refractivity (Wildman–Crippen MR) is 104 cm³/mol. The Morgan fingerprint density at radius 3 is 2.59 bits per heavy atom. The molecule has 0 unspecified atom stereocenters. The predicted octanol–water partition coefficient (Wildman–Crippen LogP) is 3.32. The first-order chi connectivity index (χ1) is 13.1. The van der Waals surface area contributed by atoms with E-state index in [-0.39, 0.29) is 18.4 Å². The van der Waals surface area contributed by atoms with Crippen LogP contribution in [0.25, 0.3) is 10.9 Å². The van der Waals surface area contributed by atoms with Crippen LogP contribution < -0.4 is 0 Å². The van der Waals surface area contributed by atoms with Crippen LogP contribution in [0, 0.1) is 6.92 Å². The fraction of sp³-hybridized carbons (Fsp3) is 0.273. The molecule has 4 rings (SSSR count). The molecule has 0 atom stereocenters. The third kappa shape index (κ3) is 2.99. The monoisotopic (exact) mass is 362 g/mol. The highest BCUT2D eigenvalue weighted by molar-refractivity contribution is 5.96. The number of benzene rings is 2. The lowest BCUT2D eigenvalue weighted by Crippen LogP contribution is -2.37. The Morgan fingerprint density at radius 1 is 1.07 bits per heavy atom. The second-order valence-corrected chi connectivity index (χ2v) is 6.90. The summed E-state index contributed by atoms with van der Waals surface area (Å²) in [6, 6.07) is 15.7. The second-order valence-electron chi connectivity index (χ2n) is 6.90. The van der Waals surface area contributed by atoms with Crippen LogP contribution >= 0.6 is 0 Å². The largest absolute Gasteiger partial charge is 0.468 e. The van der Waals surface area contributed by atoms with Crippen molar-refractivity contribution in [1.82, 2.24) is 9.47 Å².